The standard InChI is InChI=1S/C21H32N2O3/c1-17-15-19(26-12-4-9-23-8-3-5-18(23)2)6-7-20(17)21(24)16-22-10-13-25-14-11-22/h6-7,15,18H,3-5,8-14,16H2,1-2H3/t18-/m1/s1. The SMILES string of the molecule is Cc1cc(OCCCN2CCC[C@H]2C)ccc1C(=O)CN1CCOCC1. The normalized spacial score (nSPS) is 21.8. The number of nitrogens with zero attached hydrogens (tertiary/aromatic N) is 2. The summed E-state index contributed by atoms with van der Waals surface area (Å²) >= 11 is 0. The van der Waals surface area contributed by atoms with Crippen molar-refractivity contribution in [1.29, 1.82) is 0 Å². The fraction of sp³-hybridized carbons (Fsp3) is 0.667. The van der Waals surface area contributed by atoms with Crippen molar-refractivity contribution in [1.82, 2.24) is 9.80 Å². The third kappa shape index (κ3) is 5.29. The first-order valence-electron chi connectivity index (χ1n) is 9.94. The van der Waals surface area contributed by atoms with Crippen LogP contribution in [-0.2, 0) is 4.74 Å². The number of ketones is 1. The lowest BCUT2D eigenvalue weighted by molar-refractivity contribution is 0.0371. The van der Waals surface area contributed by atoms with Crippen molar-refractivity contribution in [2.75, 3.05) is 52.5 Å². The molecule has 0 amide bonds. The molecule has 0 aliphatic carbocycles. The molecule has 0 radical (unpaired) electrons. The summed E-state index contributed by atoms with van der Waals surface area (Å²) in [6, 6.07) is 6.55. The highest BCUT2D eigenvalue weighted by molar-refractivity contribution is 5.99. The zero-order valence-corrected chi connectivity index (χ0v) is 16.2. The summed E-state index contributed by atoms with van der Waals surface area (Å²) in [5, 5.41) is 0. The number of benzene rings is 1. The molecule has 2 aliphatic heterocycles. The summed E-state index contributed by atoms with van der Waals surface area (Å²) < 4.78 is 11.2. The summed E-state index contributed by atoms with van der Waals surface area (Å²) in [6.45, 7) is 10.9. The molecule has 144 valence electrons. The monoisotopic (exact) mass is 360 g/mol. The molecule has 0 bridgehead atoms. The number of Topliss-reactive ketones (excluding diaryl/α,β-unsaturated/α-hetero) is 1. The van der Waals surface area contributed by atoms with Gasteiger partial charge in [-0.25, -0.2) is 0 Å². The number of hydrogen-bond acceptors (Lipinski definition) is 5. The Bertz CT molecular complexity index is 599. The molecule has 26 heavy (non-hydrogen) atoms. The zero-order valence-electron chi connectivity index (χ0n) is 16.2. The Labute approximate surface area is 157 Å². The second kappa shape index (κ2) is 9.49. The average molecular weight is 360 g/mol. The Balaban J connectivity index is 1.45. The molecule has 1 aromatic rings. The number of rotatable bonds is 8. The van der Waals surface area contributed by atoms with E-state index in [0.29, 0.717) is 12.6 Å². The van der Waals surface area contributed by atoms with Crippen molar-refractivity contribution in [3.63, 3.8) is 0 Å². The maximum Gasteiger partial charge on any atom is 0.177 e. The highest BCUT2D eigenvalue weighted by Crippen LogP contribution is 2.19. The van der Waals surface area contributed by atoms with E-state index in [2.05, 4.69) is 16.7 Å². The highest BCUT2D eigenvalue weighted by Gasteiger charge is 2.19. The molecule has 1 aromatic carbocycles. The molecular formula is C21H32N2O3. The third-order valence-electron chi connectivity index (χ3n) is 5.52. The van der Waals surface area contributed by atoms with E-state index in [1.54, 1.807) is 0 Å². The largest absolute Gasteiger partial charge is 0.494 e. The molecule has 3 rings (SSSR count). The summed E-state index contributed by atoms with van der Waals surface area (Å²) in [6.07, 6.45) is 3.68. The molecule has 0 aromatic heterocycles. The maximum absolute atomic E-state index is 12.6. The van der Waals surface area contributed by atoms with Crippen LogP contribution in [0, 0.1) is 6.92 Å². The number of morpholine rings is 1. The lowest BCUT2D eigenvalue weighted by Gasteiger charge is -2.26. The van der Waals surface area contributed by atoms with Gasteiger partial charge in [-0.05, 0) is 63.4 Å². The molecule has 0 unspecified atom stereocenters. The van der Waals surface area contributed by atoms with Gasteiger partial charge in [-0.3, -0.25) is 9.69 Å². The lowest BCUT2D eigenvalue weighted by atomic mass is 10.0. The van der Waals surface area contributed by atoms with Crippen LogP contribution < -0.4 is 4.74 Å². The van der Waals surface area contributed by atoms with E-state index >= 15 is 0 Å². The first-order chi connectivity index (χ1) is 12.6. The molecule has 5 heteroatoms. The van der Waals surface area contributed by atoms with Crippen molar-refractivity contribution in [2.45, 2.75) is 39.2 Å². The van der Waals surface area contributed by atoms with Crippen LogP contribution >= 0.6 is 0 Å². The Morgan fingerprint density at radius 3 is 2.77 bits per heavy atom. The zero-order chi connectivity index (χ0) is 18.4. The van der Waals surface area contributed by atoms with E-state index < -0.39 is 0 Å². The third-order valence-corrected chi connectivity index (χ3v) is 5.52. The Hall–Kier alpha value is -1.43. The molecule has 2 fully saturated rings. The number of carbonyl (C=O) groups is 1. The van der Waals surface area contributed by atoms with E-state index in [9.17, 15) is 4.79 Å². The number of ether oxygens (including phenoxy) is 2. The topological polar surface area (TPSA) is 42.0 Å². The van der Waals surface area contributed by atoms with Gasteiger partial charge in [0.25, 0.3) is 0 Å². The maximum atomic E-state index is 12.6. The second-order valence-corrected chi connectivity index (χ2v) is 7.52. The van der Waals surface area contributed by atoms with E-state index in [1.807, 2.05) is 25.1 Å². The van der Waals surface area contributed by atoms with Gasteiger partial charge in [0.05, 0.1) is 26.4 Å². The van der Waals surface area contributed by atoms with Crippen LogP contribution in [0.2, 0.25) is 0 Å². The van der Waals surface area contributed by atoms with Gasteiger partial charge < -0.3 is 14.4 Å². The fourth-order valence-corrected chi connectivity index (χ4v) is 3.87. The lowest BCUT2D eigenvalue weighted by Crippen LogP contribution is -2.39. The van der Waals surface area contributed by atoms with Crippen LogP contribution in [0.4, 0.5) is 0 Å². The second-order valence-electron chi connectivity index (χ2n) is 7.52. The van der Waals surface area contributed by atoms with Crippen molar-refractivity contribution < 1.29 is 14.3 Å². The Morgan fingerprint density at radius 2 is 2.08 bits per heavy atom. The number of likely N-dealkylation sites (tertiary alicyclic amines) is 1. The van der Waals surface area contributed by atoms with Gasteiger partial charge in [-0.1, -0.05) is 0 Å². The summed E-state index contributed by atoms with van der Waals surface area (Å²) in [5.41, 5.74) is 1.80. The number of hydrogen-bond donors (Lipinski definition) is 0. The van der Waals surface area contributed by atoms with Crippen LogP contribution in [0.1, 0.15) is 42.1 Å². The fourth-order valence-electron chi connectivity index (χ4n) is 3.87. The summed E-state index contributed by atoms with van der Waals surface area (Å²) in [4.78, 5) is 17.3. The van der Waals surface area contributed by atoms with Crippen LogP contribution in [0.5, 0.6) is 5.75 Å². The van der Waals surface area contributed by atoms with Gasteiger partial charge in [-0.2, -0.15) is 0 Å². The average Bonchev–Trinajstić information content (AvgIpc) is 3.04. The number of carbonyl (C=O) groups excluding carboxylic acids is 1. The Morgan fingerprint density at radius 1 is 1.27 bits per heavy atom. The first-order valence-corrected chi connectivity index (χ1v) is 9.94. The molecule has 2 saturated heterocycles. The van der Waals surface area contributed by atoms with Crippen molar-refractivity contribution in [3.8, 4) is 5.75 Å². The quantitative estimate of drug-likeness (QED) is 0.527. The van der Waals surface area contributed by atoms with Gasteiger partial charge in [0.15, 0.2) is 5.78 Å². The highest BCUT2D eigenvalue weighted by atomic mass is 16.5. The van der Waals surface area contributed by atoms with Crippen molar-refractivity contribution >= 4 is 5.78 Å². The van der Waals surface area contributed by atoms with Crippen LogP contribution in [0.25, 0.3) is 0 Å². The molecule has 2 heterocycles. The molecular weight excluding hydrogens is 328 g/mol. The predicted molar refractivity (Wildman–Crippen MR) is 103 cm³/mol. The van der Waals surface area contributed by atoms with Crippen molar-refractivity contribution in [2.24, 2.45) is 0 Å². The van der Waals surface area contributed by atoms with E-state index in [-0.39, 0.29) is 5.78 Å². The van der Waals surface area contributed by atoms with E-state index in [4.69, 9.17) is 9.47 Å². The van der Waals surface area contributed by atoms with Crippen LogP contribution in [-0.4, -0.2) is 74.2 Å². The van der Waals surface area contributed by atoms with E-state index in [1.165, 1.54) is 19.4 Å². The van der Waals surface area contributed by atoms with Gasteiger partial charge in [-0.15, -0.1) is 0 Å². The van der Waals surface area contributed by atoms with Gasteiger partial charge in [0, 0.05) is 31.2 Å². The number of aryl methyl sites for hydroxylation is 1. The van der Waals surface area contributed by atoms with Crippen LogP contribution in [0.3, 0.4) is 0 Å². The minimum absolute atomic E-state index is 0.180. The molecule has 0 N–H and O–H groups in total. The van der Waals surface area contributed by atoms with Crippen molar-refractivity contribution in [3.05, 3.63) is 29.3 Å². The van der Waals surface area contributed by atoms with Gasteiger partial charge >= 0.3 is 0 Å². The molecule has 1 atom stereocenters. The summed E-state index contributed by atoms with van der Waals surface area (Å²) in [7, 11) is 0. The smallest absolute Gasteiger partial charge is 0.177 e. The molecule has 0 saturated carbocycles. The van der Waals surface area contributed by atoms with Gasteiger partial charge in [0.1, 0.15) is 5.75 Å². The minimum Gasteiger partial charge on any atom is -0.494 e. The summed E-state index contributed by atoms with van der Waals surface area (Å²) in [5.74, 6) is 1.04. The molecule has 0 spiro atoms. The van der Waals surface area contributed by atoms with Gasteiger partial charge in [0.2, 0.25) is 0 Å². The molecule has 2 aliphatic rings. The molecule has 5 nitrogen and oxygen atoms in total. The predicted octanol–water partition coefficient (Wildman–Crippen LogP) is 2.76. The van der Waals surface area contributed by atoms with Crippen LogP contribution in [0.15, 0.2) is 18.2 Å². The first kappa shape index (κ1) is 19.3. The minimum atomic E-state index is 0.180. The van der Waals surface area contributed by atoms with E-state index in [0.717, 1.165) is 62.8 Å². The Kier molecular flexibility index (Phi) is 7.06.